The summed E-state index contributed by atoms with van der Waals surface area (Å²) >= 11 is 25.0. The van der Waals surface area contributed by atoms with E-state index in [-0.39, 0.29) is 11.6 Å². The minimum Gasteiger partial charge on any atom is -0.365 e. The number of halogens is 4. The standard InChI is InChI=1S/C19H18Cl4N2O/c1-24-8-9-25(12-24)19(23)18(13-2-5-15(20)6-3-13)26-11-14-4-7-16(21)10-17(14)22/h2-10,18-19H,11-12H2,1H3. The Labute approximate surface area is 173 Å². The van der Waals surface area contributed by atoms with Crippen molar-refractivity contribution in [3.8, 4) is 0 Å². The van der Waals surface area contributed by atoms with Crippen molar-refractivity contribution in [2.75, 3.05) is 13.7 Å². The highest BCUT2D eigenvalue weighted by atomic mass is 35.5. The van der Waals surface area contributed by atoms with Gasteiger partial charge in [-0.15, -0.1) is 0 Å². The number of alkyl halides is 1. The van der Waals surface area contributed by atoms with Gasteiger partial charge in [0, 0.05) is 34.5 Å². The third kappa shape index (κ3) is 4.79. The lowest BCUT2D eigenvalue weighted by Gasteiger charge is -2.31. The van der Waals surface area contributed by atoms with Gasteiger partial charge in [-0.25, -0.2) is 0 Å². The summed E-state index contributed by atoms with van der Waals surface area (Å²) in [5.41, 5.74) is 1.42. The Balaban J connectivity index is 1.80. The number of hydrogen-bond donors (Lipinski definition) is 0. The van der Waals surface area contributed by atoms with Crippen molar-refractivity contribution in [2.24, 2.45) is 0 Å². The molecule has 0 saturated heterocycles. The summed E-state index contributed by atoms with van der Waals surface area (Å²) < 4.78 is 6.19. The van der Waals surface area contributed by atoms with Crippen molar-refractivity contribution >= 4 is 46.4 Å². The summed E-state index contributed by atoms with van der Waals surface area (Å²) in [6.07, 6.45) is 3.57. The Morgan fingerprint density at radius 3 is 2.31 bits per heavy atom. The molecule has 2 aromatic rings. The predicted octanol–water partition coefficient (Wildman–Crippen LogP) is 6.15. The zero-order chi connectivity index (χ0) is 18.7. The van der Waals surface area contributed by atoms with Crippen LogP contribution >= 0.6 is 46.4 Å². The first-order chi connectivity index (χ1) is 12.4. The van der Waals surface area contributed by atoms with Gasteiger partial charge in [0.15, 0.2) is 0 Å². The molecule has 0 aliphatic carbocycles. The second-order valence-electron chi connectivity index (χ2n) is 6.10. The van der Waals surface area contributed by atoms with Crippen molar-refractivity contribution in [3.63, 3.8) is 0 Å². The molecule has 2 unspecified atom stereocenters. The molecule has 26 heavy (non-hydrogen) atoms. The van der Waals surface area contributed by atoms with Gasteiger partial charge in [0.25, 0.3) is 0 Å². The molecule has 0 amide bonds. The van der Waals surface area contributed by atoms with Crippen LogP contribution in [0.3, 0.4) is 0 Å². The molecule has 3 nitrogen and oxygen atoms in total. The largest absolute Gasteiger partial charge is 0.365 e. The van der Waals surface area contributed by atoms with E-state index in [2.05, 4.69) is 0 Å². The van der Waals surface area contributed by atoms with Crippen molar-refractivity contribution in [1.82, 2.24) is 9.80 Å². The molecule has 1 aliphatic rings. The van der Waals surface area contributed by atoms with Crippen LogP contribution in [0.5, 0.6) is 0 Å². The Bertz CT molecular complexity index is 782. The number of nitrogens with zero attached hydrogens (tertiary/aromatic N) is 2. The summed E-state index contributed by atoms with van der Waals surface area (Å²) in [6, 6.07) is 12.9. The van der Waals surface area contributed by atoms with Gasteiger partial charge < -0.3 is 14.5 Å². The van der Waals surface area contributed by atoms with E-state index in [9.17, 15) is 0 Å². The molecule has 2 aromatic carbocycles. The van der Waals surface area contributed by atoms with Crippen LogP contribution in [0.1, 0.15) is 17.2 Å². The zero-order valence-electron chi connectivity index (χ0n) is 14.1. The average molecular weight is 432 g/mol. The van der Waals surface area contributed by atoms with Gasteiger partial charge in [-0.2, -0.15) is 0 Å². The number of hydrogen-bond acceptors (Lipinski definition) is 3. The molecule has 0 N–H and O–H groups in total. The Morgan fingerprint density at radius 2 is 1.69 bits per heavy atom. The smallest absolute Gasteiger partial charge is 0.135 e. The molecule has 0 spiro atoms. The molecule has 0 aromatic heterocycles. The van der Waals surface area contributed by atoms with Crippen LogP contribution in [0.25, 0.3) is 0 Å². The highest BCUT2D eigenvalue weighted by Crippen LogP contribution is 2.32. The van der Waals surface area contributed by atoms with Gasteiger partial charge in [-0.3, -0.25) is 0 Å². The van der Waals surface area contributed by atoms with E-state index in [0.29, 0.717) is 28.3 Å². The van der Waals surface area contributed by atoms with Crippen LogP contribution in [-0.2, 0) is 11.3 Å². The number of benzene rings is 2. The topological polar surface area (TPSA) is 15.7 Å². The van der Waals surface area contributed by atoms with Gasteiger partial charge in [-0.05, 0) is 35.4 Å². The molecular formula is C19H18Cl4N2O. The molecule has 0 radical (unpaired) electrons. The number of rotatable bonds is 6. The fraction of sp³-hybridized carbons (Fsp3) is 0.263. The summed E-state index contributed by atoms with van der Waals surface area (Å²) in [5, 5.41) is 1.83. The van der Waals surface area contributed by atoms with E-state index in [0.717, 1.165) is 11.1 Å². The Kier molecular flexibility index (Phi) is 6.60. The van der Waals surface area contributed by atoms with Crippen molar-refractivity contribution in [3.05, 3.63) is 81.1 Å². The third-order valence-corrected chi connectivity index (χ3v) is 5.42. The lowest BCUT2D eigenvalue weighted by atomic mass is 10.1. The van der Waals surface area contributed by atoms with Gasteiger partial charge in [0.2, 0.25) is 0 Å². The van der Waals surface area contributed by atoms with Crippen LogP contribution in [0.15, 0.2) is 54.9 Å². The van der Waals surface area contributed by atoms with Gasteiger partial charge >= 0.3 is 0 Å². The third-order valence-electron chi connectivity index (χ3n) is 4.10. The first kappa shape index (κ1) is 19.7. The fourth-order valence-electron chi connectivity index (χ4n) is 2.69. The molecule has 0 bridgehead atoms. The molecule has 1 heterocycles. The van der Waals surface area contributed by atoms with Crippen LogP contribution < -0.4 is 0 Å². The van der Waals surface area contributed by atoms with Gasteiger partial charge in [-0.1, -0.05) is 64.6 Å². The Hall–Kier alpha value is -1.10. The van der Waals surface area contributed by atoms with Crippen molar-refractivity contribution < 1.29 is 4.74 Å². The van der Waals surface area contributed by atoms with E-state index < -0.39 is 0 Å². The lowest BCUT2D eigenvalue weighted by molar-refractivity contribution is 0.00765. The average Bonchev–Trinajstić information content (AvgIpc) is 3.04. The van der Waals surface area contributed by atoms with E-state index in [1.165, 1.54) is 0 Å². The maximum atomic E-state index is 6.76. The molecule has 0 saturated carbocycles. The molecular weight excluding hydrogens is 414 g/mol. The Morgan fingerprint density at radius 1 is 1.00 bits per heavy atom. The minimum absolute atomic E-state index is 0.319. The van der Waals surface area contributed by atoms with Gasteiger partial charge in [0.05, 0.1) is 13.3 Å². The SMILES string of the molecule is CN1C=CN(C(Cl)C(OCc2ccc(Cl)cc2Cl)c2ccc(Cl)cc2)C1. The zero-order valence-corrected chi connectivity index (χ0v) is 17.1. The summed E-state index contributed by atoms with van der Waals surface area (Å²) in [4.78, 5) is 4.06. The normalized spacial score (nSPS) is 16.2. The summed E-state index contributed by atoms with van der Waals surface area (Å²) in [6.45, 7) is 1.02. The molecule has 7 heteroatoms. The first-order valence-corrected chi connectivity index (χ1v) is 9.60. The highest BCUT2D eigenvalue weighted by Gasteiger charge is 2.28. The van der Waals surface area contributed by atoms with Crippen LogP contribution in [0.2, 0.25) is 15.1 Å². The van der Waals surface area contributed by atoms with E-state index in [4.69, 9.17) is 51.1 Å². The van der Waals surface area contributed by atoms with Crippen LogP contribution in [-0.4, -0.2) is 29.0 Å². The number of ether oxygens (including phenoxy) is 1. The predicted molar refractivity (Wildman–Crippen MR) is 109 cm³/mol. The quantitative estimate of drug-likeness (QED) is 0.403. The molecule has 0 fully saturated rings. The fourth-order valence-corrected chi connectivity index (χ4v) is 3.62. The second kappa shape index (κ2) is 8.73. The second-order valence-corrected chi connectivity index (χ2v) is 7.83. The summed E-state index contributed by atoms with van der Waals surface area (Å²) in [7, 11) is 1.99. The van der Waals surface area contributed by atoms with Gasteiger partial charge in [0.1, 0.15) is 11.6 Å². The monoisotopic (exact) mass is 430 g/mol. The molecule has 138 valence electrons. The maximum absolute atomic E-state index is 6.76. The summed E-state index contributed by atoms with van der Waals surface area (Å²) in [5.74, 6) is 0. The lowest BCUT2D eigenvalue weighted by Crippen LogP contribution is -2.34. The molecule has 2 atom stereocenters. The molecule has 3 rings (SSSR count). The van der Waals surface area contributed by atoms with Crippen LogP contribution in [0, 0.1) is 0 Å². The highest BCUT2D eigenvalue weighted by molar-refractivity contribution is 6.35. The van der Waals surface area contributed by atoms with Crippen LogP contribution in [0.4, 0.5) is 0 Å². The van der Waals surface area contributed by atoms with Crippen molar-refractivity contribution in [2.45, 2.75) is 18.2 Å². The maximum Gasteiger partial charge on any atom is 0.135 e. The first-order valence-electron chi connectivity index (χ1n) is 8.03. The molecule has 1 aliphatic heterocycles. The van der Waals surface area contributed by atoms with E-state index in [1.807, 2.05) is 59.6 Å². The van der Waals surface area contributed by atoms with Crippen molar-refractivity contribution in [1.29, 1.82) is 0 Å². The van der Waals surface area contributed by atoms with E-state index in [1.54, 1.807) is 12.1 Å². The van der Waals surface area contributed by atoms with E-state index >= 15 is 0 Å². The minimum atomic E-state index is -0.386.